The van der Waals surface area contributed by atoms with E-state index in [2.05, 4.69) is 11.1 Å². The van der Waals surface area contributed by atoms with Crippen molar-refractivity contribution in [2.45, 2.75) is 18.8 Å². The molecule has 0 fully saturated rings. The highest BCUT2D eigenvalue weighted by atomic mass is 16.3. The van der Waals surface area contributed by atoms with Gasteiger partial charge in [-0.1, -0.05) is 12.1 Å². The molecule has 1 aromatic carbocycles. The Morgan fingerprint density at radius 2 is 1.78 bits per heavy atom. The summed E-state index contributed by atoms with van der Waals surface area (Å²) in [5, 5.41) is 18.7. The predicted octanol–water partition coefficient (Wildman–Crippen LogP) is 2.81. The highest BCUT2D eigenvalue weighted by Crippen LogP contribution is 2.28. The molecule has 3 heteroatoms. The lowest BCUT2D eigenvalue weighted by molar-refractivity contribution is 0.474. The average Bonchev–Trinajstić information content (AvgIpc) is 2.40. The number of hydrogen-bond acceptors (Lipinski definition) is 3. The molecule has 0 saturated carbocycles. The SMILES string of the molecule is CC(C#N)(Cc1ccncc1)c1ccc(O)cc1. The van der Waals surface area contributed by atoms with Gasteiger partial charge in [0.2, 0.25) is 0 Å². The first-order valence-electron chi connectivity index (χ1n) is 5.74. The minimum absolute atomic E-state index is 0.211. The van der Waals surface area contributed by atoms with Crippen LogP contribution in [-0.2, 0) is 11.8 Å². The molecule has 1 unspecified atom stereocenters. The summed E-state index contributed by atoms with van der Waals surface area (Å²) < 4.78 is 0. The zero-order valence-electron chi connectivity index (χ0n) is 10.2. The van der Waals surface area contributed by atoms with Crippen LogP contribution in [0.25, 0.3) is 0 Å². The Balaban J connectivity index is 2.32. The summed E-state index contributed by atoms with van der Waals surface area (Å²) in [5.74, 6) is 0.211. The van der Waals surface area contributed by atoms with Crippen molar-refractivity contribution in [3.63, 3.8) is 0 Å². The molecule has 3 nitrogen and oxygen atoms in total. The van der Waals surface area contributed by atoms with Crippen molar-refractivity contribution in [1.29, 1.82) is 5.26 Å². The predicted molar refractivity (Wildman–Crippen MR) is 69.0 cm³/mol. The van der Waals surface area contributed by atoms with E-state index in [1.165, 1.54) is 0 Å². The fourth-order valence-corrected chi connectivity index (χ4v) is 1.94. The van der Waals surface area contributed by atoms with Gasteiger partial charge in [0.05, 0.1) is 11.5 Å². The molecule has 0 aliphatic rings. The quantitative estimate of drug-likeness (QED) is 0.894. The zero-order valence-corrected chi connectivity index (χ0v) is 10.2. The molecule has 0 amide bonds. The molecule has 1 N–H and O–H groups in total. The second-order valence-corrected chi connectivity index (χ2v) is 4.52. The van der Waals surface area contributed by atoms with Crippen LogP contribution in [0.15, 0.2) is 48.8 Å². The molecular formula is C15H14N2O. The maximum absolute atomic E-state index is 9.44. The van der Waals surface area contributed by atoms with Gasteiger partial charge in [0.25, 0.3) is 0 Å². The molecule has 1 atom stereocenters. The van der Waals surface area contributed by atoms with Crippen LogP contribution in [0.1, 0.15) is 18.1 Å². The fraction of sp³-hybridized carbons (Fsp3) is 0.200. The third-order valence-electron chi connectivity index (χ3n) is 3.06. The second kappa shape index (κ2) is 4.89. The Bertz CT molecular complexity index is 557. The first-order valence-corrected chi connectivity index (χ1v) is 5.74. The van der Waals surface area contributed by atoms with Crippen molar-refractivity contribution in [1.82, 2.24) is 4.98 Å². The monoisotopic (exact) mass is 238 g/mol. The molecule has 90 valence electrons. The number of benzene rings is 1. The summed E-state index contributed by atoms with van der Waals surface area (Å²) in [6.07, 6.45) is 4.07. The van der Waals surface area contributed by atoms with Crippen LogP contribution in [0.5, 0.6) is 5.75 Å². The van der Waals surface area contributed by atoms with E-state index in [1.807, 2.05) is 19.1 Å². The van der Waals surface area contributed by atoms with E-state index in [0.29, 0.717) is 6.42 Å². The molecule has 0 spiro atoms. The number of nitriles is 1. The third-order valence-corrected chi connectivity index (χ3v) is 3.06. The van der Waals surface area contributed by atoms with E-state index >= 15 is 0 Å². The zero-order chi connectivity index (χ0) is 13.0. The Hall–Kier alpha value is -2.34. The smallest absolute Gasteiger partial charge is 0.115 e. The number of pyridine rings is 1. The van der Waals surface area contributed by atoms with E-state index in [0.717, 1.165) is 11.1 Å². The van der Waals surface area contributed by atoms with Gasteiger partial charge in [0.15, 0.2) is 0 Å². The summed E-state index contributed by atoms with van der Waals surface area (Å²) in [4.78, 5) is 3.97. The molecule has 18 heavy (non-hydrogen) atoms. The normalized spacial score (nSPS) is 13.6. The van der Waals surface area contributed by atoms with Gasteiger partial charge in [0.1, 0.15) is 5.75 Å². The average molecular weight is 238 g/mol. The maximum Gasteiger partial charge on any atom is 0.115 e. The maximum atomic E-state index is 9.44. The van der Waals surface area contributed by atoms with Gasteiger partial charge in [-0.3, -0.25) is 4.98 Å². The van der Waals surface area contributed by atoms with Crippen molar-refractivity contribution in [2.24, 2.45) is 0 Å². The molecule has 0 radical (unpaired) electrons. The van der Waals surface area contributed by atoms with Crippen LogP contribution in [0.3, 0.4) is 0 Å². The van der Waals surface area contributed by atoms with Gasteiger partial charge in [-0.05, 0) is 48.7 Å². The Morgan fingerprint density at radius 3 is 2.33 bits per heavy atom. The summed E-state index contributed by atoms with van der Waals surface area (Å²) in [7, 11) is 0. The van der Waals surface area contributed by atoms with Crippen molar-refractivity contribution >= 4 is 0 Å². The second-order valence-electron chi connectivity index (χ2n) is 4.52. The largest absolute Gasteiger partial charge is 0.508 e. The van der Waals surface area contributed by atoms with E-state index in [4.69, 9.17) is 0 Å². The number of rotatable bonds is 3. The Kier molecular flexibility index (Phi) is 3.29. The lowest BCUT2D eigenvalue weighted by Crippen LogP contribution is -2.22. The van der Waals surface area contributed by atoms with Gasteiger partial charge < -0.3 is 5.11 Å². The van der Waals surface area contributed by atoms with E-state index < -0.39 is 5.41 Å². The summed E-state index contributed by atoms with van der Waals surface area (Å²) in [5.41, 5.74) is 1.37. The highest BCUT2D eigenvalue weighted by Gasteiger charge is 2.26. The molecule has 0 saturated heterocycles. The number of aromatic hydroxyl groups is 1. The first kappa shape index (κ1) is 12.1. The molecule has 2 rings (SSSR count). The molecule has 1 heterocycles. The van der Waals surface area contributed by atoms with Gasteiger partial charge in [0, 0.05) is 12.4 Å². The lowest BCUT2D eigenvalue weighted by atomic mass is 9.79. The summed E-state index contributed by atoms with van der Waals surface area (Å²) in [6.45, 7) is 1.90. The lowest BCUT2D eigenvalue weighted by Gasteiger charge is -2.22. The molecule has 0 bridgehead atoms. The number of phenols is 1. The summed E-state index contributed by atoms with van der Waals surface area (Å²) >= 11 is 0. The van der Waals surface area contributed by atoms with Crippen molar-refractivity contribution in [3.05, 3.63) is 59.9 Å². The molecule has 0 aliphatic heterocycles. The van der Waals surface area contributed by atoms with E-state index in [1.54, 1.807) is 36.7 Å². The molecule has 2 aromatic rings. The van der Waals surface area contributed by atoms with E-state index in [-0.39, 0.29) is 5.75 Å². The van der Waals surface area contributed by atoms with Crippen molar-refractivity contribution in [3.8, 4) is 11.8 Å². The van der Waals surface area contributed by atoms with Crippen molar-refractivity contribution in [2.75, 3.05) is 0 Å². The molecule has 0 aliphatic carbocycles. The summed E-state index contributed by atoms with van der Waals surface area (Å²) in [6, 6.07) is 13.0. The van der Waals surface area contributed by atoms with Gasteiger partial charge in [-0.15, -0.1) is 0 Å². The number of nitrogens with zero attached hydrogens (tertiary/aromatic N) is 2. The van der Waals surface area contributed by atoms with Gasteiger partial charge >= 0.3 is 0 Å². The van der Waals surface area contributed by atoms with E-state index in [9.17, 15) is 10.4 Å². The molecular weight excluding hydrogens is 224 g/mol. The Labute approximate surface area is 106 Å². The van der Waals surface area contributed by atoms with Crippen LogP contribution in [0, 0.1) is 11.3 Å². The number of hydrogen-bond donors (Lipinski definition) is 1. The Morgan fingerprint density at radius 1 is 1.17 bits per heavy atom. The number of phenolic OH excluding ortho intramolecular Hbond substituents is 1. The fourth-order valence-electron chi connectivity index (χ4n) is 1.94. The van der Waals surface area contributed by atoms with Crippen LogP contribution in [0.2, 0.25) is 0 Å². The minimum Gasteiger partial charge on any atom is -0.508 e. The van der Waals surface area contributed by atoms with Gasteiger partial charge in [-0.25, -0.2) is 0 Å². The van der Waals surface area contributed by atoms with Gasteiger partial charge in [-0.2, -0.15) is 5.26 Å². The highest BCUT2D eigenvalue weighted by molar-refractivity contribution is 5.37. The van der Waals surface area contributed by atoms with Crippen molar-refractivity contribution < 1.29 is 5.11 Å². The topological polar surface area (TPSA) is 56.9 Å². The number of aromatic nitrogens is 1. The van der Waals surface area contributed by atoms with Crippen LogP contribution >= 0.6 is 0 Å². The molecule has 1 aromatic heterocycles. The van der Waals surface area contributed by atoms with Crippen LogP contribution in [-0.4, -0.2) is 10.1 Å². The standard InChI is InChI=1S/C15H14N2O/c1-15(11-16,10-12-6-8-17-9-7-12)13-2-4-14(18)5-3-13/h2-9,18H,10H2,1H3. The third kappa shape index (κ3) is 2.49. The van der Waals surface area contributed by atoms with Crippen LogP contribution in [0.4, 0.5) is 0 Å². The van der Waals surface area contributed by atoms with Crippen LogP contribution < -0.4 is 0 Å². The minimum atomic E-state index is -0.602. The first-order chi connectivity index (χ1) is 8.64.